The van der Waals surface area contributed by atoms with Gasteiger partial charge in [0.1, 0.15) is 5.69 Å². The molecule has 1 aromatic carbocycles. The molecule has 3 rings (SSSR count). The van der Waals surface area contributed by atoms with Crippen molar-refractivity contribution in [1.29, 1.82) is 0 Å². The Kier molecular flexibility index (Phi) is 4.08. The first kappa shape index (κ1) is 14.1. The van der Waals surface area contributed by atoms with Crippen molar-refractivity contribution in [3.8, 4) is 0 Å². The number of hydrogen-bond donors (Lipinski definition) is 2. The molecule has 2 heterocycles. The number of imidazole rings is 1. The van der Waals surface area contributed by atoms with Gasteiger partial charge in [0.2, 0.25) is 0 Å². The number of ether oxygens (including phenoxy) is 1. The van der Waals surface area contributed by atoms with Gasteiger partial charge in [0.25, 0.3) is 0 Å². The zero-order valence-corrected chi connectivity index (χ0v) is 12.2. The summed E-state index contributed by atoms with van der Waals surface area (Å²) in [6.07, 6.45) is 1.65. The summed E-state index contributed by atoms with van der Waals surface area (Å²) in [7, 11) is 0. The highest BCUT2D eigenvalue weighted by Crippen LogP contribution is 2.28. The molecule has 0 saturated carbocycles. The Bertz CT molecular complexity index is 740. The number of rotatable bonds is 2. The van der Waals surface area contributed by atoms with Crippen LogP contribution in [0.5, 0.6) is 0 Å². The Morgan fingerprint density at radius 3 is 2.70 bits per heavy atom. The molecular weight excluding hydrogens is 254 g/mol. The lowest BCUT2D eigenvalue weighted by atomic mass is 10.1. The van der Waals surface area contributed by atoms with Crippen LogP contribution in [0, 0.1) is 6.92 Å². The first-order valence-electron chi connectivity index (χ1n) is 6.84. The van der Waals surface area contributed by atoms with E-state index >= 15 is 0 Å². The Balaban J connectivity index is 0.000000704. The average molecular weight is 273 g/mol. The maximum atomic E-state index is 11.8. The van der Waals surface area contributed by atoms with Crippen molar-refractivity contribution in [2.75, 3.05) is 6.61 Å². The molecule has 0 aliphatic rings. The van der Waals surface area contributed by atoms with Crippen molar-refractivity contribution < 1.29 is 9.53 Å². The number of aryl methyl sites for hydroxylation is 1. The highest BCUT2D eigenvalue weighted by atomic mass is 16.5. The van der Waals surface area contributed by atoms with E-state index < -0.39 is 0 Å². The van der Waals surface area contributed by atoms with Gasteiger partial charge in [-0.05, 0) is 31.5 Å². The topological polar surface area (TPSA) is 70.8 Å². The SMILES string of the molecule is CC.CCOC(=O)c1[nH]c2ccc3[nH]cnc3c2c1C. The predicted octanol–water partition coefficient (Wildman–Crippen LogP) is 3.56. The number of aromatic amines is 2. The van der Waals surface area contributed by atoms with E-state index in [1.165, 1.54) is 0 Å². The van der Waals surface area contributed by atoms with Gasteiger partial charge in [0, 0.05) is 10.9 Å². The molecule has 0 radical (unpaired) electrons. The molecule has 5 heteroatoms. The van der Waals surface area contributed by atoms with Crippen LogP contribution in [0.3, 0.4) is 0 Å². The number of benzene rings is 1. The van der Waals surface area contributed by atoms with Crippen LogP contribution in [0.4, 0.5) is 0 Å². The third kappa shape index (κ3) is 2.15. The Morgan fingerprint density at radius 2 is 2.00 bits per heavy atom. The largest absolute Gasteiger partial charge is 0.461 e. The summed E-state index contributed by atoms with van der Waals surface area (Å²) in [6, 6.07) is 3.88. The normalized spacial score (nSPS) is 10.4. The molecule has 0 saturated heterocycles. The molecule has 0 atom stereocenters. The minimum absolute atomic E-state index is 0.324. The highest BCUT2D eigenvalue weighted by molar-refractivity contribution is 6.09. The molecule has 3 aromatic rings. The van der Waals surface area contributed by atoms with E-state index in [9.17, 15) is 4.79 Å². The van der Waals surface area contributed by atoms with Crippen LogP contribution in [0.2, 0.25) is 0 Å². The van der Waals surface area contributed by atoms with Crippen LogP contribution in [0.15, 0.2) is 18.5 Å². The van der Waals surface area contributed by atoms with Crippen LogP contribution in [0.1, 0.15) is 36.8 Å². The van der Waals surface area contributed by atoms with Crippen LogP contribution in [0.25, 0.3) is 21.9 Å². The minimum atomic E-state index is -0.324. The lowest BCUT2D eigenvalue weighted by Crippen LogP contribution is -2.06. The molecule has 2 N–H and O–H groups in total. The van der Waals surface area contributed by atoms with Crippen LogP contribution < -0.4 is 0 Å². The standard InChI is InChI=1S/C13H13N3O2.C2H6/c1-3-18-13(17)11-7(2)10-8(16-11)4-5-9-12(10)15-6-14-9;1-2/h4-6,16H,3H2,1-2H3,(H,14,15);1-2H3. The van der Waals surface area contributed by atoms with E-state index in [1.54, 1.807) is 13.3 Å². The molecule has 0 unspecified atom stereocenters. The number of hydrogen-bond acceptors (Lipinski definition) is 3. The maximum Gasteiger partial charge on any atom is 0.355 e. The van der Waals surface area contributed by atoms with Gasteiger partial charge in [-0.1, -0.05) is 13.8 Å². The third-order valence-electron chi connectivity index (χ3n) is 3.08. The van der Waals surface area contributed by atoms with E-state index in [0.717, 1.165) is 27.5 Å². The third-order valence-corrected chi connectivity index (χ3v) is 3.08. The van der Waals surface area contributed by atoms with E-state index in [4.69, 9.17) is 4.74 Å². The lowest BCUT2D eigenvalue weighted by molar-refractivity contribution is 0.0520. The van der Waals surface area contributed by atoms with E-state index in [0.29, 0.717) is 12.3 Å². The molecule has 0 amide bonds. The number of nitrogens with one attached hydrogen (secondary N) is 2. The van der Waals surface area contributed by atoms with Crippen molar-refractivity contribution in [1.82, 2.24) is 15.0 Å². The fraction of sp³-hybridized carbons (Fsp3) is 0.333. The summed E-state index contributed by atoms with van der Waals surface area (Å²) < 4.78 is 5.03. The number of esters is 1. The van der Waals surface area contributed by atoms with Crippen molar-refractivity contribution in [2.45, 2.75) is 27.7 Å². The van der Waals surface area contributed by atoms with E-state index in [2.05, 4.69) is 15.0 Å². The first-order chi connectivity index (χ1) is 9.72. The molecule has 0 aliphatic carbocycles. The highest BCUT2D eigenvalue weighted by Gasteiger charge is 2.17. The van der Waals surface area contributed by atoms with Gasteiger partial charge in [0.15, 0.2) is 0 Å². The summed E-state index contributed by atoms with van der Waals surface area (Å²) in [5.74, 6) is -0.324. The first-order valence-corrected chi connectivity index (χ1v) is 6.84. The van der Waals surface area contributed by atoms with Gasteiger partial charge in [-0.15, -0.1) is 0 Å². The van der Waals surface area contributed by atoms with Gasteiger partial charge >= 0.3 is 5.97 Å². The maximum absolute atomic E-state index is 11.8. The van der Waals surface area contributed by atoms with Gasteiger partial charge in [0.05, 0.1) is 24.0 Å². The zero-order chi connectivity index (χ0) is 14.7. The van der Waals surface area contributed by atoms with Crippen LogP contribution in [-0.4, -0.2) is 27.5 Å². The predicted molar refractivity (Wildman–Crippen MR) is 80.0 cm³/mol. The van der Waals surface area contributed by atoms with Crippen molar-refractivity contribution in [3.63, 3.8) is 0 Å². The Labute approximate surface area is 117 Å². The number of H-pyrrole nitrogens is 2. The average Bonchev–Trinajstić information content (AvgIpc) is 3.05. The molecule has 0 bridgehead atoms. The van der Waals surface area contributed by atoms with Crippen LogP contribution in [-0.2, 0) is 4.74 Å². The molecule has 2 aromatic heterocycles. The molecule has 0 aliphatic heterocycles. The van der Waals surface area contributed by atoms with Gasteiger partial charge in [-0.3, -0.25) is 0 Å². The fourth-order valence-corrected chi connectivity index (χ4v) is 2.25. The summed E-state index contributed by atoms with van der Waals surface area (Å²) in [5, 5.41) is 0.969. The van der Waals surface area contributed by atoms with Crippen molar-refractivity contribution in [3.05, 3.63) is 29.7 Å². The van der Waals surface area contributed by atoms with Crippen molar-refractivity contribution in [2.24, 2.45) is 0 Å². The monoisotopic (exact) mass is 273 g/mol. The van der Waals surface area contributed by atoms with Crippen molar-refractivity contribution >= 4 is 27.9 Å². The summed E-state index contributed by atoms with van der Waals surface area (Å²) in [5.41, 5.74) is 4.11. The second-order valence-corrected chi connectivity index (χ2v) is 4.13. The van der Waals surface area contributed by atoms with Gasteiger partial charge in [-0.2, -0.15) is 0 Å². The second kappa shape index (κ2) is 5.77. The molecule has 5 nitrogen and oxygen atoms in total. The fourth-order valence-electron chi connectivity index (χ4n) is 2.25. The summed E-state index contributed by atoms with van der Waals surface area (Å²) in [4.78, 5) is 22.3. The van der Waals surface area contributed by atoms with Gasteiger partial charge < -0.3 is 14.7 Å². The van der Waals surface area contributed by atoms with E-state index in [1.807, 2.05) is 32.9 Å². The number of aromatic nitrogens is 3. The molecule has 0 spiro atoms. The number of carbonyl (C=O) groups excluding carboxylic acids is 1. The Hall–Kier alpha value is -2.30. The number of nitrogens with zero attached hydrogens (tertiary/aromatic N) is 1. The van der Waals surface area contributed by atoms with E-state index in [-0.39, 0.29) is 5.97 Å². The minimum Gasteiger partial charge on any atom is -0.461 e. The second-order valence-electron chi connectivity index (χ2n) is 4.13. The zero-order valence-electron chi connectivity index (χ0n) is 12.2. The summed E-state index contributed by atoms with van der Waals surface area (Å²) >= 11 is 0. The quantitative estimate of drug-likeness (QED) is 0.701. The molecule has 20 heavy (non-hydrogen) atoms. The Morgan fingerprint density at radius 1 is 1.30 bits per heavy atom. The molecular formula is C15H19N3O2. The molecule has 0 fully saturated rings. The number of fused-ring (bicyclic) bond motifs is 3. The number of carbonyl (C=O) groups is 1. The molecule has 106 valence electrons. The van der Waals surface area contributed by atoms with Crippen LogP contribution >= 0.6 is 0 Å². The van der Waals surface area contributed by atoms with Gasteiger partial charge in [-0.25, -0.2) is 9.78 Å². The summed E-state index contributed by atoms with van der Waals surface area (Å²) in [6.45, 7) is 8.06. The smallest absolute Gasteiger partial charge is 0.355 e. The lowest BCUT2D eigenvalue weighted by Gasteiger charge is -1.99.